The van der Waals surface area contributed by atoms with Gasteiger partial charge in [-0.3, -0.25) is 0 Å². The van der Waals surface area contributed by atoms with Crippen molar-refractivity contribution in [2.45, 2.75) is 11.9 Å². The van der Waals surface area contributed by atoms with E-state index in [4.69, 9.17) is 23.2 Å². The molecule has 1 heterocycles. The van der Waals surface area contributed by atoms with E-state index in [0.717, 1.165) is 0 Å². The Morgan fingerprint density at radius 1 is 1.67 bits per heavy atom. The molecule has 0 fully saturated rings. The van der Waals surface area contributed by atoms with Gasteiger partial charge in [-0.05, 0) is 19.1 Å². The van der Waals surface area contributed by atoms with Crippen molar-refractivity contribution < 1.29 is 0 Å². The highest BCUT2D eigenvalue weighted by Gasteiger charge is 2.16. The van der Waals surface area contributed by atoms with E-state index in [1.54, 1.807) is 18.4 Å². The van der Waals surface area contributed by atoms with E-state index in [1.165, 1.54) is 0 Å². The quantitative estimate of drug-likeness (QED) is 0.427. The molecule has 0 saturated carbocycles. The van der Waals surface area contributed by atoms with Crippen molar-refractivity contribution in [2.24, 2.45) is 0 Å². The summed E-state index contributed by atoms with van der Waals surface area (Å²) in [5.74, 6) is 0. The Labute approximate surface area is 64.3 Å². The van der Waals surface area contributed by atoms with E-state index in [9.17, 15) is 0 Å². The SMILES string of the molecule is CC1(Cl)C=CC(Cl)=CN1. The van der Waals surface area contributed by atoms with E-state index < -0.39 is 5.00 Å². The predicted octanol–water partition coefficient (Wildman–Crippen LogP) is 2.18. The maximum Gasteiger partial charge on any atom is 0.128 e. The van der Waals surface area contributed by atoms with E-state index >= 15 is 0 Å². The Kier molecular flexibility index (Phi) is 1.73. The first-order chi connectivity index (χ1) is 4.10. The van der Waals surface area contributed by atoms with Crippen molar-refractivity contribution in [3.05, 3.63) is 23.4 Å². The van der Waals surface area contributed by atoms with Gasteiger partial charge in [-0.2, -0.15) is 0 Å². The molecule has 0 spiro atoms. The lowest BCUT2D eigenvalue weighted by Gasteiger charge is -2.20. The van der Waals surface area contributed by atoms with Gasteiger partial charge in [0.25, 0.3) is 0 Å². The monoisotopic (exact) mass is 163 g/mol. The van der Waals surface area contributed by atoms with Crippen LogP contribution < -0.4 is 5.32 Å². The Morgan fingerprint density at radius 2 is 2.33 bits per heavy atom. The first-order valence-corrected chi connectivity index (χ1v) is 3.37. The van der Waals surface area contributed by atoms with Gasteiger partial charge in [-0.1, -0.05) is 23.2 Å². The van der Waals surface area contributed by atoms with Crippen LogP contribution in [0.4, 0.5) is 0 Å². The zero-order valence-electron chi connectivity index (χ0n) is 4.99. The van der Waals surface area contributed by atoms with Gasteiger partial charge in [-0.25, -0.2) is 0 Å². The molecule has 0 aliphatic carbocycles. The third kappa shape index (κ3) is 1.92. The lowest BCUT2D eigenvalue weighted by atomic mass is 10.2. The van der Waals surface area contributed by atoms with E-state index in [0.29, 0.717) is 5.03 Å². The smallest absolute Gasteiger partial charge is 0.128 e. The zero-order chi connectivity index (χ0) is 6.91. The molecule has 0 bridgehead atoms. The van der Waals surface area contributed by atoms with Crippen LogP contribution in [-0.2, 0) is 0 Å². The summed E-state index contributed by atoms with van der Waals surface area (Å²) in [6.07, 6.45) is 5.25. The van der Waals surface area contributed by atoms with Crippen LogP contribution in [0.25, 0.3) is 0 Å². The maximum absolute atomic E-state index is 5.84. The Morgan fingerprint density at radius 3 is 2.67 bits per heavy atom. The summed E-state index contributed by atoms with van der Waals surface area (Å²) in [5, 5.41) is 3.57. The minimum atomic E-state index is -0.460. The van der Waals surface area contributed by atoms with Gasteiger partial charge < -0.3 is 5.32 Å². The van der Waals surface area contributed by atoms with Crippen molar-refractivity contribution in [3.8, 4) is 0 Å². The van der Waals surface area contributed by atoms with Crippen LogP contribution in [0.1, 0.15) is 6.92 Å². The van der Waals surface area contributed by atoms with Crippen LogP contribution in [0.3, 0.4) is 0 Å². The lowest BCUT2D eigenvalue weighted by molar-refractivity contribution is 0.684. The van der Waals surface area contributed by atoms with Crippen LogP contribution in [0.15, 0.2) is 23.4 Å². The molecule has 0 radical (unpaired) electrons. The van der Waals surface area contributed by atoms with Crippen LogP contribution in [0.2, 0.25) is 0 Å². The van der Waals surface area contributed by atoms with Crippen molar-refractivity contribution >= 4 is 23.2 Å². The molecule has 0 aromatic carbocycles. The molecule has 1 aliphatic heterocycles. The summed E-state index contributed by atoms with van der Waals surface area (Å²) in [6, 6.07) is 0. The Hall–Kier alpha value is -0.140. The van der Waals surface area contributed by atoms with E-state index in [1.807, 2.05) is 6.92 Å². The van der Waals surface area contributed by atoms with Crippen molar-refractivity contribution in [1.29, 1.82) is 0 Å². The number of rotatable bonds is 0. The van der Waals surface area contributed by atoms with Crippen LogP contribution >= 0.6 is 23.2 Å². The van der Waals surface area contributed by atoms with Gasteiger partial charge in [0, 0.05) is 6.20 Å². The average molecular weight is 164 g/mol. The maximum atomic E-state index is 5.84. The molecule has 1 atom stereocenters. The number of halogens is 2. The molecule has 50 valence electrons. The van der Waals surface area contributed by atoms with E-state index in [-0.39, 0.29) is 0 Å². The molecule has 0 aromatic rings. The van der Waals surface area contributed by atoms with Gasteiger partial charge in [0.2, 0.25) is 0 Å². The molecular formula is C6H7Cl2N. The third-order valence-corrected chi connectivity index (χ3v) is 1.52. The first-order valence-electron chi connectivity index (χ1n) is 2.62. The molecule has 1 unspecified atom stereocenters. The summed E-state index contributed by atoms with van der Waals surface area (Å²) in [5.41, 5.74) is 0. The molecule has 3 heteroatoms. The number of hydrogen-bond acceptors (Lipinski definition) is 1. The summed E-state index contributed by atoms with van der Waals surface area (Å²) in [4.78, 5) is -0.460. The number of allylic oxidation sites excluding steroid dienone is 2. The fourth-order valence-electron chi connectivity index (χ4n) is 0.542. The highest BCUT2D eigenvalue weighted by molar-refractivity contribution is 6.32. The normalized spacial score (nSPS) is 33.4. The van der Waals surface area contributed by atoms with Gasteiger partial charge in [-0.15, -0.1) is 0 Å². The van der Waals surface area contributed by atoms with E-state index in [2.05, 4.69) is 5.32 Å². The largest absolute Gasteiger partial charge is 0.369 e. The van der Waals surface area contributed by atoms with Crippen molar-refractivity contribution in [3.63, 3.8) is 0 Å². The number of alkyl halides is 1. The molecule has 1 nitrogen and oxygen atoms in total. The summed E-state index contributed by atoms with van der Waals surface area (Å²) in [6.45, 7) is 1.85. The topological polar surface area (TPSA) is 12.0 Å². The fraction of sp³-hybridized carbons (Fsp3) is 0.333. The zero-order valence-corrected chi connectivity index (χ0v) is 6.50. The van der Waals surface area contributed by atoms with Crippen LogP contribution in [-0.4, -0.2) is 5.00 Å². The minimum Gasteiger partial charge on any atom is -0.369 e. The van der Waals surface area contributed by atoms with Crippen molar-refractivity contribution in [2.75, 3.05) is 0 Å². The molecule has 0 aromatic heterocycles. The molecule has 0 amide bonds. The number of hydrogen-bond donors (Lipinski definition) is 1. The molecule has 1 rings (SSSR count). The standard InChI is InChI=1S/C6H7Cl2N/c1-6(8)3-2-5(7)4-9-6/h2-4,9H,1H3. The summed E-state index contributed by atoms with van der Waals surface area (Å²) in [7, 11) is 0. The molecule has 0 saturated heterocycles. The Bertz CT molecular complexity index is 170. The lowest BCUT2D eigenvalue weighted by Crippen LogP contribution is -2.31. The van der Waals surface area contributed by atoms with Gasteiger partial charge in [0.15, 0.2) is 0 Å². The van der Waals surface area contributed by atoms with Crippen molar-refractivity contribution in [1.82, 2.24) is 5.32 Å². The molecule has 1 aliphatic rings. The predicted molar refractivity (Wildman–Crippen MR) is 40.5 cm³/mol. The third-order valence-electron chi connectivity index (χ3n) is 1.05. The summed E-state index contributed by atoms with van der Waals surface area (Å²) >= 11 is 11.4. The number of dihydropyridines is 1. The van der Waals surface area contributed by atoms with Gasteiger partial charge >= 0.3 is 0 Å². The first kappa shape index (κ1) is 6.97. The molecule has 9 heavy (non-hydrogen) atoms. The summed E-state index contributed by atoms with van der Waals surface area (Å²) < 4.78 is 0. The highest BCUT2D eigenvalue weighted by Crippen LogP contribution is 2.18. The Balaban J connectivity index is 2.70. The second kappa shape index (κ2) is 2.24. The number of nitrogens with one attached hydrogen (secondary N) is 1. The van der Waals surface area contributed by atoms with Crippen LogP contribution in [0.5, 0.6) is 0 Å². The van der Waals surface area contributed by atoms with Crippen LogP contribution in [0, 0.1) is 0 Å². The fourth-order valence-corrected chi connectivity index (χ4v) is 0.777. The highest BCUT2D eigenvalue weighted by atomic mass is 35.5. The molecule has 1 N–H and O–H groups in total. The second-order valence-corrected chi connectivity index (χ2v) is 3.30. The van der Waals surface area contributed by atoms with Gasteiger partial charge in [0.1, 0.15) is 5.00 Å². The second-order valence-electron chi connectivity index (χ2n) is 2.08. The average Bonchev–Trinajstić information content (AvgIpc) is 1.78. The minimum absolute atomic E-state index is 0.460. The van der Waals surface area contributed by atoms with Gasteiger partial charge in [0.05, 0.1) is 5.03 Å². The molecular weight excluding hydrogens is 157 g/mol.